The largest absolute Gasteiger partial charge is 0.478 e. The van der Waals surface area contributed by atoms with Gasteiger partial charge in [0, 0.05) is 24.1 Å². The number of benzene rings is 2. The Morgan fingerprint density at radius 1 is 1.10 bits per heavy atom. The van der Waals surface area contributed by atoms with Crippen molar-refractivity contribution in [2.45, 2.75) is 13.1 Å². The van der Waals surface area contributed by atoms with Gasteiger partial charge in [-0.1, -0.05) is 36.4 Å². The van der Waals surface area contributed by atoms with Gasteiger partial charge in [-0.15, -0.1) is 0 Å². The number of hydrogen-bond acceptors (Lipinski definition) is 5. The summed E-state index contributed by atoms with van der Waals surface area (Å²) in [5, 5.41) is 18.7. The summed E-state index contributed by atoms with van der Waals surface area (Å²) in [6, 6.07) is 14.9. The summed E-state index contributed by atoms with van der Waals surface area (Å²) in [6.45, 7) is 1.25. The number of nitrogens with one attached hydrogen (secondary N) is 1. The lowest BCUT2D eigenvalue weighted by Crippen LogP contribution is -2.40. The van der Waals surface area contributed by atoms with Crippen LogP contribution in [0.2, 0.25) is 0 Å². The van der Waals surface area contributed by atoms with Crippen molar-refractivity contribution in [1.29, 1.82) is 0 Å². The second kappa shape index (κ2) is 7.28. The molecule has 1 unspecified atom stereocenters. The number of carbonyl (C=O) groups is 3. The zero-order valence-electron chi connectivity index (χ0n) is 15.9. The van der Waals surface area contributed by atoms with E-state index in [0.717, 1.165) is 10.8 Å². The summed E-state index contributed by atoms with van der Waals surface area (Å²) in [6.07, 6.45) is -0.110. The minimum atomic E-state index is -1.28. The monoisotopic (exact) mass is 403 g/mol. The fraction of sp³-hybridized carbons (Fsp3) is 0.0952. The number of amides is 2. The van der Waals surface area contributed by atoms with E-state index in [4.69, 9.17) is 5.73 Å². The molecule has 150 valence electrons. The Morgan fingerprint density at radius 2 is 1.83 bits per heavy atom. The molecular weight excluding hydrogens is 386 g/mol. The molecule has 1 atom stereocenters. The zero-order chi connectivity index (χ0) is 21.4. The lowest BCUT2D eigenvalue weighted by Gasteiger charge is -2.15. The number of fused-ring (bicyclic) bond motifs is 2. The van der Waals surface area contributed by atoms with Crippen LogP contribution in [0, 0.1) is 0 Å². The maximum absolute atomic E-state index is 12.0. The topological polar surface area (TPSA) is 140 Å². The van der Waals surface area contributed by atoms with Crippen LogP contribution in [-0.2, 0) is 9.59 Å². The molecule has 2 aromatic heterocycles. The van der Waals surface area contributed by atoms with Gasteiger partial charge in [-0.25, -0.2) is 14.5 Å². The van der Waals surface area contributed by atoms with E-state index in [-0.39, 0.29) is 11.2 Å². The fourth-order valence-corrected chi connectivity index (χ4v) is 3.32. The molecule has 0 aliphatic rings. The van der Waals surface area contributed by atoms with Gasteiger partial charge < -0.3 is 16.2 Å². The van der Waals surface area contributed by atoms with Gasteiger partial charge in [0.05, 0.1) is 5.56 Å². The number of aromatic carboxylic acids is 1. The van der Waals surface area contributed by atoms with Crippen LogP contribution < -0.4 is 11.1 Å². The number of primary amides is 1. The molecule has 2 heterocycles. The Bertz CT molecular complexity index is 1330. The second-order valence-electron chi connectivity index (χ2n) is 6.76. The molecule has 30 heavy (non-hydrogen) atoms. The first-order valence-electron chi connectivity index (χ1n) is 9.02. The molecule has 4 N–H and O–H groups in total. The van der Waals surface area contributed by atoms with E-state index in [1.807, 2.05) is 42.5 Å². The summed E-state index contributed by atoms with van der Waals surface area (Å²) in [5.74, 6) is -2.45. The number of carboxylic acid groups (broad SMARTS) is 1. The number of pyridine rings is 1. The number of carboxylic acids is 1. The van der Waals surface area contributed by atoms with Crippen molar-refractivity contribution < 1.29 is 19.5 Å². The average Bonchev–Trinajstić information content (AvgIpc) is 3.09. The zero-order valence-corrected chi connectivity index (χ0v) is 15.9. The van der Waals surface area contributed by atoms with Crippen molar-refractivity contribution in [2.75, 3.05) is 0 Å². The average molecular weight is 403 g/mol. The Labute approximate surface area is 170 Å². The maximum Gasteiger partial charge on any atom is 0.337 e. The normalized spacial score (nSPS) is 12.0. The highest BCUT2D eigenvalue weighted by atomic mass is 16.4. The summed E-state index contributed by atoms with van der Waals surface area (Å²) in [4.78, 5) is 39.2. The molecule has 2 aromatic carbocycles. The van der Waals surface area contributed by atoms with E-state index in [9.17, 15) is 19.5 Å². The molecule has 2 amide bonds. The minimum absolute atomic E-state index is 0.0285. The number of hydrogen-bond donors (Lipinski definition) is 3. The quantitative estimate of drug-likeness (QED) is 0.466. The molecule has 0 spiro atoms. The van der Waals surface area contributed by atoms with Crippen LogP contribution >= 0.6 is 0 Å². The highest BCUT2D eigenvalue weighted by Crippen LogP contribution is 2.31. The van der Waals surface area contributed by atoms with Gasteiger partial charge in [0.2, 0.25) is 12.1 Å². The molecule has 9 nitrogen and oxygen atoms in total. The number of carbonyl (C=O) groups excluding carboxylic acids is 2. The highest BCUT2D eigenvalue weighted by molar-refractivity contribution is 5.99. The summed E-state index contributed by atoms with van der Waals surface area (Å²) in [7, 11) is 0. The van der Waals surface area contributed by atoms with Crippen molar-refractivity contribution >= 4 is 39.6 Å². The van der Waals surface area contributed by atoms with Crippen LogP contribution in [0.5, 0.6) is 0 Å². The van der Waals surface area contributed by atoms with Crippen LogP contribution in [0.1, 0.15) is 23.4 Å². The highest BCUT2D eigenvalue weighted by Gasteiger charge is 2.25. The van der Waals surface area contributed by atoms with E-state index in [1.54, 1.807) is 0 Å². The molecule has 9 heteroatoms. The van der Waals surface area contributed by atoms with E-state index in [1.165, 1.54) is 23.9 Å². The van der Waals surface area contributed by atoms with Gasteiger partial charge in [0.1, 0.15) is 5.69 Å². The van der Waals surface area contributed by atoms with Gasteiger partial charge in [-0.3, -0.25) is 9.59 Å². The maximum atomic E-state index is 12.0. The molecule has 0 radical (unpaired) electrons. The van der Waals surface area contributed by atoms with Crippen LogP contribution in [-0.4, -0.2) is 37.7 Å². The van der Waals surface area contributed by atoms with Gasteiger partial charge in [0.15, 0.2) is 5.65 Å². The molecule has 0 aliphatic carbocycles. The third-order valence-electron chi connectivity index (χ3n) is 4.67. The minimum Gasteiger partial charge on any atom is -0.478 e. The smallest absolute Gasteiger partial charge is 0.337 e. The van der Waals surface area contributed by atoms with Crippen LogP contribution in [0.3, 0.4) is 0 Å². The van der Waals surface area contributed by atoms with Gasteiger partial charge in [-0.05, 0) is 22.9 Å². The van der Waals surface area contributed by atoms with Crippen molar-refractivity contribution in [2.24, 2.45) is 5.73 Å². The lowest BCUT2D eigenvalue weighted by atomic mass is 10.0. The van der Waals surface area contributed by atoms with Crippen LogP contribution in [0.4, 0.5) is 0 Å². The SMILES string of the molecule is CC(=O)NC(C(N)=O)n1nc(-c2ccc3ccccc3c2)c2cc(C(=O)O)cnc21. The van der Waals surface area contributed by atoms with Crippen molar-refractivity contribution in [3.05, 3.63) is 60.3 Å². The first kappa shape index (κ1) is 19.1. The second-order valence-corrected chi connectivity index (χ2v) is 6.76. The van der Waals surface area contributed by atoms with Crippen molar-refractivity contribution in [1.82, 2.24) is 20.1 Å². The summed E-state index contributed by atoms with van der Waals surface area (Å²) in [5.41, 5.74) is 6.79. The third kappa shape index (κ3) is 3.32. The Balaban J connectivity index is 1.99. The number of aromatic nitrogens is 3. The molecule has 4 aromatic rings. The summed E-state index contributed by atoms with van der Waals surface area (Å²) < 4.78 is 1.20. The van der Waals surface area contributed by atoms with Gasteiger partial charge in [0.25, 0.3) is 5.91 Å². The Morgan fingerprint density at radius 3 is 2.50 bits per heavy atom. The van der Waals surface area contributed by atoms with Crippen LogP contribution in [0.15, 0.2) is 54.7 Å². The molecule has 0 saturated heterocycles. The van der Waals surface area contributed by atoms with Gasteiger partial charge in [-0.2, -0.15) is 5.10 Å². The fourth-order valence-electron chi connectivity index (χ4n) is 3.32. The third-order valence-corrected chi connectivity index (χ3v) is 4.67. The molecule has 0 bridgehead atoms. The molecule has 0 saturated carbocycles. The number of nitrogens with two attached hydrogens (primary N) is 1. The van der Waals surface area contributed by atoms with E-state index in [0.29, 0.717) is 16.6 Å². The lowest BCUT2D eigenvalue weighted by molar-refractivity contribution is -0.128. The predicted molar refractivity (Wildman–Crippen MR) is 109 cm³/mol. The summed E-state index contributed by atoms with van der Waals surface area (Å²) >= 11 is 0. The molecule has 0 fully saturated rings. The van der Waals surface area contributed by atoms with Crippen molar-refractivity contribution in [3.8, 4) is 11.3 Å². The van der Waals surface area contributed by atoms with E-state index in [2.05, 4.69) is 15.4 Å². The predicted octanol–water partition coefficient (Wildman–Crippen LogP) is 2.07. The molecule has 0 aliphatic heterocycles. The van der Waals surface area contributed by atoms with Crippen LogP contribution in [0.25, 0.3) is 33.1 Å². The molecule has 4 rings (SSSR count). The number of rotatable bonds is 5. The first-order chi connectivity index (χ1) is 14.3. The Hall–Kier alpha value is -4.27. The number of nitrogens with zero attached hydrogens (tertiary/aromatic N) is 3. The van der Waals surface area contributed by atoms with E-state index < -0.39 is 23.9 Å². The Kier molecular flexibility index (Phi) is 4.63. The first-order valence-corrected chi connectivity index (χ1v) is 9.02. The molecular formula is C21H17N5O4. The van der Waals surface area contributed by atoms with Crippen molar-refractivity contribution in [3.63, 3.8) is 0 Å². The standard InChI is InChI=1S/C21H17N5O4/c1-11(27)24-20(18(22)28)26-19-16(9-15(10-23-19)21(29)30)17(25-26)14-7-6-12-4-2-3-5-13(12)8-14/h2-10,20H,1H3,(H2,22,28)(H,24,27)(H,29,30). The van der Waals surface area contributed by atoms with E-state index >= 15 is 0 Å². The van der Waals surface area contributed by atoms with Gasteiger partial charge >= 0.3 is 5.97 Å².